The van der Waals surface area contributed by atoms with E-state index in [0.717, 1.165) is 11.3 Å². The van der Waals surface area contributed by atoms with Gasteiger partial charge in [0.1, 0.15) is 18.2 Å². The first-order valence-electron chi connectivity index (χ1n) is 5.75. The molecule has 0 spiro atoms. The van der Waals surface area contributed by atoms with Crippen LogP contribution in [0.25, 0.3) is 0 Å². The summed E-state index contributed by atoms with van der Waals surface area (Å²) in [7, 11) is 0. The molecule has 1 aromatic carbocycles. The number of nitriles is 1. The average molecular weight is 238 g/mol. The minimum atomic E-state index is 0.401. The van der Waals surface area contributed by atoms with Gasteiger partial charge in [-0.05, 0) is 31.5 Å². The quantitative estimate of drug-likeness (QED) is 0.825. The number of benzene rings is 1. The van der Waals surface area contributed by atoms with Crippen molar-refractivity contribution in [1.82, 2.24) is 4.98 Å². The molecule has 2 aromatic rings. The van der Waals surface area contributed by atoms with Crippen LogP contribution in [0.4, 0.5) is 0 Å². The minimum absolute atomic E-state index is 0.401. The molecule has 0 saturated heterocycles. The fraction of sp³-hybridized carbons (Fsp3) is 0.200. The van der Waals surface area contributed by atoms with Crippen molar-refractivity contribution >= 4 is 0 Å². The van der Waals surface area contributed by atoms with Crippen LogP contribution >= 0.6 is 0 Å². The Labute approximate surface area is 107 Å². The summed E-state index contributed by atoms with van der Waals surface area (Å²) in [6, 6.07) is 13.7. The second-order valence-corrected chi connectivity index (χ2v) is 4.19. The van der Waals surface area contributed by atoms with Crippen molar-refractivity contribution < 1.29 is 4.74 Å². The molecule has 0 aliphatic heterocycles. The van der Waals surface area contributed by atoms with Crippen LogP contribution in [0.15, 0.2) is 36.4 Å². The van der Waals surface area contributed by atoms with Crippen LogP contribution in [0.2, 0.25) is 0 Å². The van der Waals surface area contributed by atoms with Crippen LogP contribution in [0.3, 0.4) is 0 Å². The fourth-order valence-corrected chi connectivity index (χ4v) is 1.56. The number of aryl methyl sites for hydroxylation is 2. The third-order valence-electron chi connectivity index (χ3n) is 2.62. The lowest BCUT2D eigenvalue weighted by atomic mass is 10.2. The highest BCUT2D eigenvalue weighted by atomic mass is 16.5. The predicted octanol–water partition coefficient (Wildman–Crippen LogP) is 3.15. The third-order valence-corrected chi connectivity index (χ3v) is 2.62. The molecule has 2 rings (SSSR count). The Kier molecular flexibility index (Phi) is 3.59. The fourth-order valence-electron chi connectivity index (χ4n) is 1.56. The average Bonchev–Trinajstić information content (AvgIpc) is 2.38. The lowest BCUT2D eigenvalue weighted by Gasteiger charge is -2.07. The molecule has 0 fully saturated rings. The molecule has 3 nitrogen and oxygen atoms in total. The lowest BCUT2D eigenvalue weighted by molar-refractivity contribution is 0.292. The van der Waals surface area contributed by atoms with E-state index in [9.17, 15) is 0 Å². The van der Waals surface area contributed by atoms with Crippen molar-refractivity contribution in [3.63, 3.8) is 0 Å². The molecule has 0 radical (unpaired) electrons. The largest absolute Gasteiger partial charge is 0.472 e. The van der Waals surface area contributed by atoms with Gasteiger partial charge in [-0.3, -0.25) is 0 Å². The number of aromatic nitrogens is 1. The Morgan fingerprint density at radius 2 is 1.83 bits per heavy atom. The number of rotatable bonds is 3. The maximum Gasteiger partial charge on any atom is 0.232 e. The molecular weight excluding hydrogens is 224 g/mol. The molecular formula is C15H14N2O. The SMILES string of the molecule is Cc1ccc(COc2nc(C)ccc2C#N)cc1. The standard InChI is InChI=1S/C15H14N2O/c1-11-3-6-13(7-4-11)10-18-15-14(9-16)8-5-12(2)17-15/h3-8H,10H2,1-2H3. The molecule has 0 saturated carbocycles. The molecule has 0 aliphatic rings. The van der Waals surface area contributed by atoms with Crippen molar-refractivity contribution in [2.45, 2.75) is 20.5 Å². The number of nitrogens with zero attached hydrogens (tertiary/aromatic N) is 2. The molecule has 1 heterocycles. The predicted molar refractivity (Wildman–Crippen MR) is 69.2 cm³/mol. The molecule has 0 aliphatic carbocycles. The smallest absolute Gasteiger partial charge is 0.232 e. The van der Waals surface area contributed by atoms with Gasteiger partial charge in [-0.25, -0.2) is 4.98 Å². The van der Waals surface area contributed by atoms with Crippen molar-refractivity contribution in [1.29, 1.82) is 5.26 Å². The van der Waals surface area contributed by atoms with E-state index in [1.807, 2.05) is 38.1 Å². The summed E-state index contributed by atoms with van der Waals surface area (Å²) in [5, 5.41) is 8.97. The molecule has 0 unspecified atom stereocenters. The Bertz CT molecular complexity index is 582. The van der Waals surface area contributed by atoms with Gasteiger partial charge in [0.15, 0.2) is 0 Å². The van der Waals surface area contributed by atoms with E-state index in [4.69, 9.17) is 10.00 Å². The molecule has 0 atom stereocenters. The summed E-state index contributed by atoms with van der Waals surface area (Å²) in [6.07, 6.45) is 0. The summed E-state index contributed by atoms with van der Waals surface area (Å²) < 4.78 is 5.60. The van der Waals surface area contributed by atoms with E-state index < -0.39 is 0 Å². The molecule has 1 aromatic heterocycles. The summed E-state index contributed by atoms with van der Waals surface area (Å²) in [6.45, 7) is 4.34. The van der Waals surface area contributed by atoms with Gasteiger partial charge < -0.3 is 4.74 Å². The number of hydrogen-bond donors (Lipinski definition) is 0. The lowest BCUT2D eigenvalue weighted by Crippen LogP contribution is -2.00. The van der Waals surface area contributed by atoms with Crippen LogP contribution in [-0.2, 0) is 6.61 Å². The normalized spacial score (nSPS) is 9.83. The number of pyridine rings is 1. The maximum absolute atomic E-state index is 8.97. The van der Waals surface area contributed by atoms with Crippen molar-refractivity contribution in [2.24, 2.45) is 0 Å². The van der Waals surface area contributed by atoms with Crippen LogP contribution < -0.4 is 4.74 Å². The van der Waals surface area contributed by atoms with E-state index in [1.54, 1.807) is 12.1 Å². The molecule has 0 bridgehead atoms. The first-order valence-corrected chi connectivity index (χ1v) is 5.75. The van der Waals surface area contributed by atoms with Gasteiger partial charge in [0.05, 0.1) is 0 Å². The summed E-state index contributed by atoms with van der Waals surface area (Å²) in [5.41, 5.74) is 3.58. The van der Waals surface area contributed by atoms with Gasteiger partial charge in [0, 0.05) is 5.69 Å². The number of hydrogen-bond acceptors (Lipinski definition) is 3. The van der Waals surface area contributed by atoms with Crippen molar-refractivity contribution in [2.75, 3.05) is 0 Å². The van der Waals surface area contributed by atoms with Crippen LogP contribution in [0.1, 0.15) is 22.4 Å². The Morgan fingerprint density at radius 3 is 2.50 bits per heavy atom. The van der Waals surface area contributed by atoms with Gasteiger partial charge in [-0.15, -0.1) is 0 Å². The number of ether oxygens (including phenoxy) is 1. The molecule has 0 N–H and O–H groups in total. The van der Waals surface area contributed by atoms with Crippen LogP contribution in [0.5, 0.6) is 5.88 Å². The second-order valence-electron chi connectivity index (χ2n) is 4.19. The topological polar surface area (TPSA) is 45.9 Å². The van der Waals surface area contributed by atoms with Crippen LogP contribution in [-0.4, -0.2) is 4.98 Å². The molecule has 3 heteroatoms. The summed E-state index contributed by atoms with van der Waals surface area (Å²) in [4.78, 5) is 4.23. The van der Waals surface area contributed by atoms with E-state index in [-0.39, 0.29) is 0 Å². The van der Waals surface area contributed by atoms with E-state index in [1.165, 1.54) is 5.56 Å². The highest BCUT2D eigenvalue weighted by Crippen LogP contribution is 2.16. The maximum atomic E-state index is 8.97. The van der Waals surface area contributed by atoms with Crippen LogP contribution in [0, 0.1) is 25.2 Å². The Balaban J connectivity index is 2.13. The van der Waals surface area contributed by atoms with E-state index >= 15 is 0 Å². The van der Waals surface area contributed by atoms with Crippen molar-refractivity contribution in [3.05, 3.63) is 58.8 Å². The first kappa shape index (κ1) is 12.1. The first-order chi connectivity index (χ1) is 8.69. The zero-order valence-electron chi connectivity index (χ0n) is 10.5. The van der Waals surface area contributed by atoms with Crippen molar-refractivity contribution in [3.8, 4) is 11.9 Å². The van der Waals surface area contributed by atoms with Gasteiger partial charge in [0.2, 0.25) is 5.88 Å². The second kappa shape index (κ2) is 5.33. The summed E-state index contributed by atoms with van der Waals surface area (Å²) >= 11 is 0. The van der Waals surface area contributed by atoms with Gasteiger partial charge in [0.25, 0.3) is 0 Å². The van der Waals surface area contributed by atoms with Gasteiger partial charge in [-0.1, -0.05) is 29.8 Å². The monoisotopic (exact) mass is 238 g/mol. The highest BCUT2D eigenvalue weighted by Gasteiger charge is 2.05. The highest BCUT2D eigenvalue weighted by molar-refractivity contribution is 5.38. The third kappa shape index (κ3) is 2.86. The molecule has 0 amide bonds. The Morgan fingerprint density at radius 1 is 1.11 bits per heavy atom. The zero-order valence-corrected chi connectivity index (χ0v) is 10.5. The minimum Gasteiger partial charge on any atom is -0.472 e. The summed E-state index contributed by atoms with van der Waals surface area (Å²) in [5.74, 6) is 0.401. The zero-order chi connectivity index (χ0) is 13.0. The Hall–Kier alpha value is -2.34. The molecule has 90 valence electrons. The molecule has 18 heavy (non-hydrogen) atoms. The van der Waals surface area contributed by atoms with Gasteiger partial charge in [-0.2, -0.15) is 5.26 Å². The van der Waals surface area contributed by atoms with E-state index in [2.05, 4.69) is 11.1 Å². The van der Waals surface area contributed by atoms with Gasteiger partial charge >= 0.3 is 0 Å². The van der Waals surface area contributed by atoms with E-state index in [0.29, 0.717) is 18.1 Å².